The fraction of sp³-hybridized carbons (Fsp3) is 0.500. The van der Waals surface area contributed by atoms with Crippen molar-refractivity contribution in [3.05, 3.63) is 24.3 Å². The van der Waals surface area contributed by atoms with E-state index in [0.717, 1.165) is 32.1 Å². The second kappa shape index (κ2) is 6.95. The standard InChI is InChI=1S/C16H20N2O2/c1-12(19)18-14-8-5-6-10-16(14)20-15-9-4-2-3-7-13(15)11-17/h5-6,8,10,13,15H,2-4,7,9H2,1H3,(H,18,19). The Morgan fingerprint density at radius 1 is 1.30 bits per heavy atom. The van der Waals surface area contributed by atoms with E-state index in [1.807, 2.05) is 24.3 Å². The van der Waals surface area contributed by atoms with Crippen molar-refractivity contribution < 1.29 is 9.53 Å². The first kappa shape index (κ1) is 14.4. The third-order valence-corrected chi connectivity index (χ3v) is 3.59. The summed E-state index contributed by atoms with van der Waals surface area (Å²) < 4.78 is 6.03. The minimum absolute atomic E-state index is 0.0668. The average Bonchev–Trinajstić information content (AvgIpc) is 2.65. The number of benzene rings is 1. The smallest absolute Gasteiger partial charge is 0.221 e. The third-order valence-electron chi connectivity index (χ3n) is 3.59. The number of carbonyl (C=O) groups is 1. The van der Waals surface area contributed by atoms with Crippen LogP contribution in [0.25, 0.3) is 0 Å². The van der Waals surface area contributed by atoms with E-state index in [4.69, 9.17) is 4.74 Å². The maximum absolute atomic E-state index is 11.2. The van der Waals surface area contributed by atoms with Crippen LogP contribution in [0.5, 0.6) is 5.75 Å². The van der Waals surface area contributed by atoms with Gasteiger partial charge >= 0.3 is 0 Å². The van der Waals surface area contributed by atoms with Gasteiger partial charge in [-0.3, -0.25) is 4.79 Å². The largest absolute Gasteiger partial charge is 0.487 e. The number of hydrogen-bond acceptors (Lipinski definition) is 3. The van der Waals surface area contributed by atoms with Crippen molar-refractivity contribution in [3.8, 4) is 11.8 Å². The summed E-state index contributed by atoms with van der Waals surface area (Å²) >= 11 is 0. The number of carbonyl (C=O) groups excluding carboxylic acids is 1. The molecule has 0 aromatic heterocycles. The number of ether oxygens (including phenoxy) is 1. The minimum atomic E-state index is -0.126. The molecule has 2 atom stereocenters. The maximum Gasteiger partial charge on any atom is 0.221 e. The second-order valence-corrected chi connectivity index (χ2v) is 5.21. The highest BCUT2D eigenvalue weighted by Crippen LogP contribution is 2.31. The number of amides is 1. The molecule has 1 aromatic carbocycles. The van der Waals surface area contributed by atoms with E-state index in [2.05, 4.69) is 11.4 Å². The zero-order valence-corrected chi connectivity index (χ0v) is 11.8. The van der Waals surface area contributed by atoms with Crippen LogP contribution in [0.2, 0.25) is 0 Å². The Morgan fingerprint density at radius 2 is 2.05 bits per heavy atom. The Balaban J connectivity index is 2.15. The van der Waals surface area contributed by atoms with Gasteiger partial charge in [-0.2, -0.15) is 5.26 Å². The minimum Gasteiger partial charge on any atom is -0.487 e. The molecule has 0 spiro atoms. The Labute approximate surface area is 119 Å². The van der Waals surface area contributed by atoms with Gasteiger partial charge in [0.15, 0.2) is 0 Å². The van der Waals surface area contributed by atoms with Crippen LogP contribution < -0.4 is 10.1 Å². The summed E-state index contributed by atoms with van der Waals surface area (Å²) in [5.41, 5.74) is 0.668. The van der Waals surface area contributed by atoms with Gasteiger partial charge in [-0.15, -0.1) is 0 Å². The first-order valence-corrected chi connectivity index (χ1v) is 7.13. The van der Waals surface area contributed by atoms with Gasteiger partial charge in [-0.25, -0.2) is 0 Å². The lowest BCUT2D eigenvalue weighted by Crippen LogP contribution is -2.25. The molecule has 0 radical (unpaired) electrons. The van der Waals surface area contributed by atoms with E-state index in [0.29, 0.717) is 11.4 Å². The lowest BCUT2D eigenvalue weighted by molar-refractivity contribution is -0.114. The van der Waals surface area contributed by atoms with Crippen LogP contribution in [-0.4, -0.2) is 12.0 Å². The van der Waals surface area contributed by atoms with Gasteiger partial charge < -0.3 is 10.1 Å². The van der Waals surface area contributed by atoms with Gasteiger partial charge in [0.05, 0.1) is 17.7 Å². The van der Waals surface area contributed by atoms with E-state index in [1.165, 1.54) is 6.92 Å². The predicted octanol–water partition coefficient (Wildman–Crippen LogP) is 3.50. The first-order valence-electron chi connectivity index (χ1n) is 7.13. The summed E-state index contributed by atoms with van der Waals surface area (Å²) in [7, 11) is 0. The number of nitriles is 1. The molecule has 2 rings (SSSR count). The van der Waals surface area contributed by atoms with Crippen molar-refractivity contribution in [2.45, 2.75) is 45.1 Å². The zero-order valence-electron chi connectivity index (χ0n) is 11.8. The molecular weight excluding hydrogens is 252 g/mol. The predicted molar refractivity (Wildman–Crippen MR) is 77.3 cm³/mol. The van der Waals surface area contributed by atoms with Crippen LogP contribution >= 0.6 is 0 Å². The summed E-state index contributed by atoms with van der Waals surface area (Å²) in [6, 6.07) is 9.74. The molecule has 1 saturated carbocycles. The Bertz CT molecular complexity index is 507. The molecule has 1 fully saturated rings. The molecule has 4 nitrogen and oxygen atoms in total. The number of nitrogens with one attached hydrogen (secondary N) is 1. The molecule has 1 aromatic rings. The van der Waals surface area contributed by atoms with Crippen molar-refractivity contribution in [2.24, 2.45) is 5.92 Å². The number of rotatable bonds is 3. The van der Waals surface area contributed by atoms with Crippen molar-refractivity contribution >= 4 is 11.6 Å². The molecule has 0 aliphatic heterocycles. The maximum atomic E-state index is 11.2. The average molecular weight is 272 g/mol. The Kier molecular flexibility index (Phi) is 5.00. The second-order valence-electron chi connectivity index (χ2n) is 5.21. The molecule has 1 N–H and O–H groups in total. The van der Waals surface area contributed by atoms with Crippen LogP contribution in [0, 0.1) is 17.2 Å². The van der Waals surface area contributed by atoms with Crippen LogP contribution in [0.4, 0.5) is 5.69 Å². The summed E-state index contributed by atoms with van der Waals surface area (Å²) in [4.78, 5) is 11.2. The molecule has 0 saturated heterocycles. The van der Waals surface area contributed by atoms with Crippen LogP contribution in [-0.2, 0) is 4.79 Å². The third kappa shape index (κ3) is 3.74. The van der Waals surface area contributed by atoms with Gasteiger partial charge in [-0.05, 0) is 31.4 Å². The van der Waals surface area contributed by atoms with Gasteiger partial charge in [0, 0.05) is 6.92 Å². The molecule has 1 aliphatic rings. The van der Waals surface area contributed by atoms with Gasteiger partial charge in [0.1, 0.15) is 11.9 Å². The summed E-state index contributed by atoms with van der Waals surface area (Å²) in [6.45, 7) is 1.47. The van der Waals surface area contributed by atoms with Crippen molar-refractivity contribution in [1.29, 1.82) is 5.26 Å². The van der Waals surface area contributed by atoms with E-state index in [-0.39, 0.29) is 17.9 Å². The molecule has 4 heteroatoms. The lowest BCUT2D eigenvalue weighted by atomic mass is 9.99. The summed E-state index contributed by atoms with van der Waals surface area (Å²) in [5.74, 6) is 0.455. The number of anilines is 1. The van der Waals surface area contributed by atoms with Crippen LogP contribution in [0.1, 0.15) is 39.0 Å². The SMILES string of the molecule is CC(=O)Nc1ccccc1OC1CCCCCC1C#N. The van der Waals surface area contributed by atoms with Crippen LogP contribution in [0.15, 0.2) is 24.3 Å². The number of para-hydroxylation sites is 2. The van der Waals surface area contributed by atoms with Crippen molar-refractivity contribution in [2.75, 3.05) is 5.32 Å². The topological polar surface area (TPSA) is 62.1 Å². The van der Waals surface area contributed by atoms with E-state index < -0.39 is 0 Å². The Hall–Kier alpha value is -2.02. The zero-order chi connectivity index (χ0) is 14.4. The van der Waals surface area contributed by atoms with Gasteiger partial charge in [0.25, 0.3) is 0 Å². The van der Waals surface area contributed by atoms with Gasteiger partial charge in [0.2, 0.25) is 5.91 Å². The lowest BCUT2D eigenvalue weighted by Gasteiger charge is -2.22. The van der Waals surface area contributed by atoms with E-state index in [1.54, 1.807) is 0 Å². The number of nitrogens with zero attached hydrogens (tertiary/aromatic N) is 1. The monoisotopic (exact) mass is 272 g/mol. The fourth-order valence-electron chi connectivity index (χ4n) is 2.59. The normalized spacial score (nSPS) is 22.4. The van der Waals surface area contributed by atoms with Crippen molar-refractivity contribution in [3.63, 3.8) is 0 Å². The molecular formula is C16H20N2O2. The summed E-state index contributed by atoms with van der Waals surface area (Å²) in [5, 5.41) is 12.0. The number of hydrogen-bond donors (Lipinski definition) is 1. The van der Waals surface area contributed by atoms with Gasteiger partial charge in [-0.1, -0.05) is 25.0 Å². The van der Waals surface area contributed by atoms with Crippen molar-refractivity contribution in [1.82, 2.24) is 0 Å². The molecule has 1 amide bonds. The van der Waals surface area contributed by atoms with Crippen LogP contribution in [0.3, 0.4) is 0 Å². The highest BCUT2D eigenvalue weighted by molar-refractivity contribution is 5.90. The summed E-state index contributed by atoms with van der Waals surface area (Å²) in [6.07, 6.45) is 5.04. The highest BCUT2D eigenvalue weighted by atomic mass is 16.5. The molecule has 1 aliphatic carbocycles. The first-order chi connectivity index (χ1) is 9.70. The quantitative estimate of drug-likeness (QED) is 0.857. The fourth-order valence-corrected chi connectivity index (χ4v) is 2.59. The molecule has 0 bridgehead atoms. The molecule has 0 heterocycles. The highest BCUT2D eigenvalue weighted by Gasteiger charge is 2.25. The Morgan fingerprint density at radius 3 is 2.80 bits per heavy atom. The van der Waals surface area contributed by atoms with E-state index >= 15 is 0 Å². The van der Waals surface area contributed by atoms with E-state index in [9.17, 15) is 10.1 Å². The molecule has 2 unspecified atom stereocenters. The molecule has 106 valence electrons. The molecule has 20 heavy (non-hydrogen) atoms.